The topological polar surface area (TPSA) is 78.9 Å². The van der Waals surface area contributed by atoms with E-state index in [2.05, 4.69) is 19.2 Å². The SMILES string of the molecule is CCN(CC(C)C(=O)O)C(=O)NCCCOCC(C)C. The van der Waals surface area contributed by atoms with Gasteiger partial charge in [-0.15, -0.1) is 0 Å². The maximum atomic E-state index is 11.9. The van der Waals surface area contributed by atoms with Crippen molar-refractivity contribution in [3.8, 4) is 0 Å². The molecule has 0 rings (SSSR count). The monoisotopic (exact) mass is 288 g/mol. The quantitative estimate of drug-likeness (QED) is 0.601. The van der Waals surface area contributed by atoms with Crippen molar-refractivity contribution >= 4 is 12.0 Å². The van der Waals surface area contributed by atoms with Gasteiger partial charge < -0.3 is 20.1 Å². The molecule has 0 saturated carbocycles. The fourth-order valence-electron chi connectivity index (χ4n) is 1.56. The first kappa shape index (κ1) is 18.7. The second-order valence-corrected chi connectivity index (χ2v) is 5.33. The van der Waals surface area contributed by atoms with Crippen molar-refractivity contribution in [2.75, 3.05) is 32.8 Å². The summed E-state index contributed by atoms with van der Waals surface area (Å²) < 4.78 is 5.42. The summed E-state index contributed by atoms with van der Waals surface area (Å²) in [4.78, 5) is 24.1. The number of carbonyl (C=O) groups excluding carboxylic acids is 1. The number of carboxylic acid groups (broad SMARTS) is 1. The standard InChI is InChI=1S/C14H28N2O4/c1-5-16(9-12(4)13(17)18)14(19)15-7-6-8-20-10-11(2)3/h11-12H,5-10H2,1-4H3,(H,15,19)(H,17,18). The predicted octanol–water partition coefficient (Wildman–Crippen LogP) is 1.80. The number of hydrogen-bond acceptors (Lipinski definition) is 3. The molecule has 0 radical (unpaired) electrons. The number of carboxylic acids is 1. The highest BCUT2D eigenvalue weighted by atomic mass is 16.5. The van der Waals surface area contributed by atoms with Crippen molar-refractivity contribution in [3.63, 3.8) is 0 Å². The second kappa shape index (κ2) is 10.5. The molecule has 6 nitrogen and oxygen atoms in total. The van der Waals surface area contributed by atoms with Gasteiger partial charge in [0.25, 0.3) is 0 Å². The molecule has 2 amide bonds. The van der Waals surface area contributed by atoms with E-state index in [1.54, 1.807) is 6.92 Å². The molecule has 0 fully saturated rings. The third kappa shape index (κ3) is 8.74. The van der Waals surface area contributed by atoms with E-state index in [4.69, 9.17) is 9.84 Å². The first-order valence-corrected chi connectivity index (χ1v) is 7.21. The Morgan fingerprint density at radius 3 is 2.45 bits per heavy atom. The molecule has 1 atom stereocenters. The molecule has 0 saturated heterocycles. The lowest BCUT2D eigenvalue weighted by Gasteiger charge is -2.23. The zero-order valence-corrected chi connectivity index (χ0v) is 13.0. The van der Waals surface area contributed by atoms with Crippen molar-refractivity contribution in [2.45, 2.75) is 34.1 Å². The number of hydrogen-bond donors (Lipinski definition) is 2. The third-order valence-electron chi connectivity index (χ3n) is 2.78. The molecule has 0 bridgehead atoms. The minimum atomic E-state index is -0.890. The Morgan fingerprint density at radius 1 is 1.30 bits per heavy atom. The number of nitrogens with zero attached hydrogens (tertiary/aromatic N) is 1. The van der Waals surface area contributed by atoms with Crippen molar-refractivity contribution in [3.05, 3.63) is 0 Å². The summed E-state index contributed by atoms with van der Waals surface area (Å²) in [6.45, 7) is 10.2. The maximum Gasteiger partial charge on any atom is 0.317 e. The number of nitrogens with one attached hydrogen (secondary N) is 1. The lowest BCUT2D eigenvalue weighted by atomic mass is 10.2. The number of ether oxygens (including phenoxy) is 1. The van der Waals surface area contributed by atoms with Crippen LogP contribution in [0, 0.1) is 11.8 Å². The van der Waals surface area contributed by atoms with Gasteiger partial charge in [-0.25, -0.2) is 4.79 Å². The van der Waals surface area contributed by atoms with Gasteiger partial charge in [-0.2, -0.15) is 0 Å². The van der Waals surface area contributed by atoms with Gasteiger partial charge in [-0.1, -0.05) is 20.8 Å². The molecule has 2 N–H and O–H groups in total. The molecule has 6 heteroatoms. The van der Waals surface area contributed by atoms with Gasteiger partial charge in [0.15, 0.2) is 0 Å². The zero-order chi connectivity index (χ0) is 15.5. The molecule has 0 heterocycles. The lowest BCUT2D eigenvalue weighted by molar-refractivity contribution is -0.141. The van der Waals surface area contributed by atoms with Gasteiger partial charge in [-0.05, 0) is 19.3 Å². The molecule has 0 aliphatic carbocycles. The van der Waals surface area contributed by atoms with Crippen molar-refractivity contribution in [1.82, 2.24) is 10.2 Å². The molecule has 0 aliphatic heterocycles. The average molecular weight is 288 g/mol. The van der Waals surface area contributed by atoms with Crippen molar-refractivity contribution in [1.29, 1.82) is 0 Å². The highest BCUT2D eigenvalue weighted by Gasteiger charge is 2.18. The van der Waals surface area contributed by atoms with Crippen LogP contribution in [-0.2, 0) is 9.53 Å². The van der Waals surface area contributed by atoms with Crippen LogP contribution in [-0.4, -0.2) is 54.9 Å². The molecule has 20 heavy (non-hydrogen) atoms. The molecular weight excluding hydrogens is 260 g/mol. The van der Waals surface area contributed by atoms with Crippen LogP contribution in [0.3, 0.4) is 0 Å². The minimum absolute atomic E-state index is 0.218. The number of carbonyl (C=O) groups is 2. The van der Waals surface area contributed by atoms with Crippen LogP contribution < -0.4 is 5.32 Å². The normalized spacial score (nSPS) is 12.2. The molecule has 1 unspecified atom stereocenters. The van der Waals surface area contributed by atoms with Crippen LogP contribution in [0.4, 0.5) is 4.79 Å². The minimum Gasteiger partial charge on any atom is -0.481 e. The Hall–Kier alpha value is -1.30. The molecule has 0 aromatic heterocycles. The maximum absolute atomic E-state index is 11.9. The van der Waals surface area contributed by atoms with Crippen LogP contribution in [0.2, 0.25) is 0 Å². The van der Waals surface area contributed by atoms with Gasteiger partial charge >= 0.3 is 12.0 Å². The van der Waals surface area contributed by atoms with Gasteiger partial charge in [-0.3, -0.25) is 4.79 Å². The van der Waals surface area contributed by atoms with Crippen LogP contribution in [0.25, 0.3) is 0 Å². The number of rotatable bonds is 10. The first-order valence-electron chi connectivity index (χ1n) is 7.21. The Labute approximate surface area is 121 Å². The largest absolute Gasteiger partial charge is 0.481 e. The summed E-state index contributed by atoms with van der Waals surface area (Å²) in [5, 5.41) is 11.6. The lowest BCUT2D eigenvalue weighted by Crippen LogP contribution is -2.43. The zero-order valence-electron chi connectivity index (χ0n) is 13.0. The Bertz CT molecular complexity index is 295. The molecule has 0 aromatic rings. The number of urea groups is 1. The summed E-state index contributed by atoms with van der Waals surface area (Å²) in [6.07, 6.45) is 0.754. The molecule has 0 aromatic carbocycles. The summed E-state index contributed by atoms with van der Waals surface area (Å²) in [5.74, 6) is -0.939. The van der Waals surface area contributed by atoms with E-state index < -0.39 is 11.9 Å². The van der Waals surface area contributed by atoms with Crippen LogP contribution in [0.15, 0.2) is 0 Å². The van der Waals surface area contributed by atoms with Gasteiger partial charge in [0.1, 0.15) is 0 Å². The smallest absolute Gasteiger partial charge is 0.317 e. The molecule has 118 valence electrons. The van der Waals surface area contributed by atoms with Gasteiger partial charge in [0.05, 0.1) is 5.92 Å². The van der Waals surface area contributed by atoms with E-state index in [-0.39, 0.29) is 12.6 Å². The van der Waals surface area contributed by atoms with E-state index in [9.17, 15) is 9.59 Å². The summed E-state index contributed by atoms with van der Waals surface area (Å²) in [6, 6.07) is -0.218. The average Bonchev–Trinajstić information content (AvgIpc) is 2.38. The fraction of sp³-hybridized carbons (Fsp3) is 0.857. The van der Waals surface area contributed by atoms with E-state index in [0.29, 0.717) is 25.6 Å². The van der Waals surface area contributed by atoms with Gasteiger partial charge in [0, 0.05) is 32.8 Å². The van der Waals surface area contributed by atoms with Crippen LogP contribution in [0.1, 0.15) is 34.1 Å². The van der Waals surface area contributed by atoms with Crippen molar-refractivity contribution < 1.29 is 19.4 Å². The summed E-state index contributed by atoms with van der Waals surface area (Å²) in [5.41, 5.74) is 0. The summed E-state index contributed by atoms with van der Waals surface area (Å²) >= 11 is 0. The van der Waals surface area contributed by atoms with E-state index in [0.717, 1.165) is 13.0 Å². The Kier molecular flexibility index (Phi) is 9.80. The molecule has 0 spiro atoms. The molecular formula is C14H28N2O4. The highest BCUT2D eigenvalue weighted by molar-refractivity contribution is 5.75. The third-order valence-corrected chi connectivity index (χ3v) is 2.78. The van der Waals surface area contributed by atoms with Crippen molar-refractivity contribution in [2.24, 2.45) is 11.8 Å². The highest BCUT2D eigenvalue weighted by Crippen LogP contribution is 2.00. The van der Waals surface area contributed by atoms with E-state index in [1.165, 1.54) is 4.90 Å². The fourth-order valence-corrected chi connectivity index (χ4v) is 1.56. The predicted molar refractivity (Wildman–Crippen MR) is 77.7 cm³/mol. The van der Waals surface area contributed by atoms with E-state index >= 15 is 0 Å². The van der Waals surface area contributed by atoms with Crippen LogP contribution >= 0.6 is 0 Å². The summed E-state index contributed by atoms with van der Waals surface area (Å²) in [7, 11) is 0. The molecule has 0 aliphatic rings. The Balaban J connectivity index is 3.84. The Morgan fingerprint density at radius 2 is 1.95 bits per heavy atom. The van der Waals surface area contributed by atoms with Crippen LogP contribution in [0.5, 0.6) is 0 Å². The second-order valence-electron chi connectivity index (χ2n) is 5.33. The first-order chi connectivity index (χ1) is 9.38. The number of amides is 2. The van der Waals surface area contributed by atoms with E-state index in [1.807, 2.05) is 6.92 Å². The van der Waals surface area contributed by atoms with Gasteiger partial charge in [0.2, 0.25) is 0 Å². The number of aliphatic carboxylic acids is 1.